The number of hydrogen-bond acceptors (Lipinski definition) is 14. The van der Waals surface area contributed by atoms with Gasteiger partial charge in [0.05, 0.1) is 45.1 Å². The van der Waals surface area contributed by atoms with E-state index in [9.17, 15) is 5.26 Å². The van der Waals surface area contributed by atoms with Crippen molar-refractivity contribution in [3.8, 4) is 6.07 Å². The molecule has 2 aliphatic rings. The summed E-state index contributed by atoms with van der Waals surface area (Å²) in [5.74, 6) is 0. The number of unbranched alkanes of at least 4 members (excludes halogenated alkanes) is 1. The number of nitriles is 1. The average Bonchev–Trinajstić information content (AvgIpc) is 3.70. The van der Waals surface area contributed by atoms with E-state index in [-0.39, 0.29) is 0 Å². The largest absolute Gasteiger partial charge is 0.369 e. The van der Waals surface area contributed by atoms with Gasteiger partial charge in [-0.1, -0.05) is 25.5 Å². The monoisotopic (exact) mass is 815 g/mol. The van der Waals surface area contributed by atoms with E-state index >= 15 is 0 Å². The van der Waals surface area contributed by atoms with E-state index in [4.69, 9.17) is 0 Å². The second kappa shape index (κ2) is 19.7. The molecule has 0 amide bonds. The lowest BCUT2D eigenvalue weighted by Crippen LogP contribution is -2.51. The van der Waals surface area contributed by atoms with E-state index in [1.165, 1.54) is 41.3 Å². The standard InChI is InChI=1S/C46H49N13S/c1-3-4-5-35-6-8-37(9-7-35)49-50-38-10-12-39(13-11-38)51-52-40-14-18-42(19-15-40)58-28-24-56(25-29-58)22-23-57-26-30-59(31-27-57)43-20-16-41(17-21-43)53-54-46-44-32-36(33-47)34(2)48-45(44)55-60-46/h6-21,32H,3-5,22-31H2,1-2H3. The predicted molar refractivity (Wildman–Crippen MR) is 241 cm³/mol. The summed E-state index contributed by atoms with van der Waals surface area (Å²) in [5, 5.41) is 37.3. The van der Waals surface area contributed by atoms with Crippen LogP contribution >= 0.6 is 11.5 Å². The van der Waals surface area contributed by atoms with Gasteiger partial charge in [-0.2, -0.15) is 30.1 Å². The van der Waals surface area contributed by atoms with E-state index < -0.39 is 0 Å². The number of aromatic nitrogens is 2. The molecule has 0 radical (unpaired) electrons. The van der Waals surface area contributed by atoms with E-state index in [0.29, 0.717) is 21.9 Å². The van der Waals surface area contributed by atoms with Gasteiger partial charge in [-0.15, -0.1) is 10.2 Å². The molecule has 0 bridgehead atoms. The summed E-state index contributed by atoms with van der Waals surface area (Å²) in [6.45, 7) is 14.4. The second-order valence-corrected chi connectivity index (χ2v) is 15.9. The Kier molecular flexibility index (Phi) is 13.3. The molecule has 8 rings (SSSR count). The Morgan fingerprint density at radius 2 is 1.03 bits per heavy atom. The van der Waals surface area contributed by atoms with Crippen molar-refractivity contribution in [2.45, 2.75) is 33.1 Å². The molecule has 6 aromatic rings. The van der Waals surface area contributed by atoms with Crippen LogP contribution in [0.1, 0.15) is 36.6 Å². The first kappa shape index (κ1) is 40.5. The zero-order valence-corrected chi connectivity index (χ0v) is 35.0. The molecular formula is C46H49N13S. The third-order valence-electron chi connectivity index (χ3n) is 11.1. The Morgan fingerprint density at radius 1 is 0.600 bits per heavy atom. The lowest BCUT2D eigenvalue weighted by atomic mass is 10.1. The maximum absolute atomic E-state index is 9.38. The Morgan fingerprint density at radius 3 is 1.48 bits per heavy atom. The highest BCUT2D eigenvalue weighted by atomic mass is 32.1. The van der Waals surface area contributed by atoms with Crippen LogP contribution in [0, 0.1) is 18.3 Å². The number of nitrogens with zero attached hydrogens (tertiary/aromatic N) is 13. The molecule has 4 aromatic carbocycles. The number of rotatable bonds is 14. The van der Waals surface area contributed by atoms with E-state index in [2.05, 4.69) is 109 Å². The lowest BCUT2D eigenvalue weighted by Gasteiger charge is -2.39. The molecule has 0 saturated carbocycles. The van der Waals surface area contributed by atoms with Crippen LogP contribution in [0.3, 0.4) is 0 Å². The number of piperazine rings is 2. The smallest absolute Gasteiger partial charge is 0.175 e. The van der Waals surface area contributed by atoms with Gasteiger partial charge < -0.3 is 9.80 Å². The third-order valence-corrected chi connectivity index (χ3v) is 11.8. The first-order valence-electron chi connectivity index (χ1n) is 20.8. The van der Waals surface area contributed by atoms with Crippen molar-refractivity contribution in [1.82, 2.24) is 19.2 Å². The van der Waals surface area contributed by atoms with Gasteiger partial charge in [0, 0.05) is 76.8 Å². The Hall–Kier alpha value is -6.27. The van der Waals surface area contributed by atoms with Crippen LogP contribution in [0.15, 0.2) is 134 Å². The molecule has 2 aliphatic heterocycles. The summed E-state index contributed by atoms with van der Waals surface area (Å²) in [6.07, 6.45) is 3.50. The molecule has 2 saturated heterocycles. The number of fused-ring (bicyclic) bond motifs is 1. The maximum Gasteiger partial charge on any atom is 0.175 e. The van der Waals surface area contributed by atoms with Gasteiger partial charge in [-0.3, -0.25) is 9.80 Å². The fourth-order valence-electron chi connectivity index (χ4n) is 7.37. The highest BCUT2D eigenvalue weighted by Gasteiger charge is 2.21. The highest BCUT2D eigenvalue weighted by molar-refractivity contribution is 7.11. The van der Waals surface area contributed by atoms with Gasteiger partial charge in [0.25, 0.3) is 0 Å². The van der Waals surface area contributed by atoms with Gasteiger partial charge in [0.1, 0.15) is 6.07 Å². The molecule has 4 heterocycles. The fraction of sp³-hybridized carbons (Fsp3) is 0.326. The summed E-state index contributed by atoms with van der Waals surface area (Å²) < 4.78 is 4.37. The molecule has 2 aromatic heterocycles. The van der Waals surface area contributed by atoms with Crippen molar-refractivity contribution in [1.29, 1.82) is 5.26 Å². The topological polar surface area (TPSA) is 137 Å². The van der Waals surface area contributed by atoms with Crippen LogP contribution < -0.4 is 9.80 Å². The molecule has 0 aliphatic carbocycles. The first-order chi connectivity index (χ1) is 29.5. The summed E-state index contributed by atoms with van der Waals surface area (Å²) in [7, 11) is 0. The van der Waals surface area contributed by atoms with Crippen LogP contribution in [-0.4, -0.2) is 84.6 Å². The van der Waals surface area contributed by atoms with E-state index in [1.54, 1.807) is 6.07 Å². The van der Waals surface area contributed by atoms with Crippen LogP contribution in [-0.2, 0) is 6.42 Å². The van der Waals surface area contributed by atoms with Crippen molar-refractivity contribution in [2.75, 3.05) is 75.2 Å². The number of azo groups is 3. The Balaban J connectivity index is 0.731. The second-order valence-electron chi connectivity index (χ2n) is 15.2. The van der Waals surface area contributed by atoms with Crippen molar-refractivity contribution in [3.63, 3.8) is 0 Å². The summed E-state index contributed by atoms with van der Waals surface area (Å²) in [6, 6.07) is 36.6. The van der Waals surface area contributed by atoms with Crippen LogP contribution in [0.2, 0.25) is 0 Å². The molecule has 0 N–H and O–H groups in total. The first-order valence-corrected chi connectivity index (χ1v) is 21.5. The summed E-state index contributed by atoms with van der Waals surface area (Å²) in [5.41, 5.74) is 9.56. The molecule has 14 heteroatoms. The number of anilines is 2. The van der Waals surface area contributed by atoms with Crippen LogP contribution in [0.4, 0.5) is 44.8 Å². The van der Waals surface area contributed by atoms with Crippen molar-refractivity contribution in [2.24, 2.45) is 30.7 Å². The van der Waals surface area contributed by atoms with Gasteiger partial charge in [-0.25, -0.2) is 4.98 Å². The number of benzene rings is 4. The molecule has 60 heavy (non-hydrogen) atoms. The summed E-state index contributed by atoms with van der Waals surface area (Å²) in [4.78, 5) is 14.5. The van der Waals surface area contributed by atoms with Gasteiger partial charge in [0.15, 0.2) is 10.6 Å². The summed E-state index contributed by atoms with van der Waals surface area (Å²) >= 11 is 1.24. The molecule has 0 spiro atoms. The van der Waals surface area contributed by atoms with Crippen molar-refractivity contribution < 1.29 is 0 Å². The molecule has 0 atom stereocenters. The van der Waals surface area contributed by atoms with E-state index in [1.807, 2.05) is 67.6 Å². The zero-order valence-electron chi connectivity index (χ0n) is 34.2. The predicted octanol–water partition coefficient (Wildman–Crippen LogP) is 11.4. The van der Waals surface area contributed by atoms with Crippen molar-refractivity contribution >= 4 is 67.4 Å². The maximum atomic E-state index is 9.38. The Bertz CT molecular complexity index is 2450. The van der Waals surface area contributed by atoms with Crippen LogP contribution in [0.25, 0.3) is 11.0 Å². The molecule has 13 nitrogen and oxygen atoms in total. The quantitative estimate of drug-likeness (QED) is 0.0998. The molecule has 304 valence electrons. The Labute approximate surface area is 355 Å². The third kappa shape index (κ3) is 10.5. The zero-order chi connectivity index (χ0) is 41.1. The number of hydrogen-bond donors (Lipinski definition) is 0. The number of aryl methyl sites for hydroxylation is 2. The number of pyridine rings is 1. The minimum absolute atomic E-state index is 0.528. The molecular weight excluding hydrogens is 767 g/mol. The van der Waals surface area contributed by atoms with Crippen LogP contribution in [0.5, 0.6) is 0 Å². The van der Waals surface area contributed by atoms with Gasteiger partial charge in [-0.05, 0) is 128 Å². The highest BCUT2D eigenvalue weighted by Crippen LogP contribution is 2.33. The fourth-order valence-corrected chi connectivity index (χ4v) is 8.01. The lowest BCUT2D eigenvalue weighted by molar-refractivity contribution is 0.190. The molecule has 0 unspecified atom stereocenters. The SMILES string of the molecule is CCCCc1ccc(N=Nc2ccc(N=Nc3ccc(N4CCN(CCN5CCN(c6ccc(N=Nc7snc8nc(C)c(C#N)cc78)cc6)CC5)CC4)cc3)cc2)cc1. The minimum Gasteiger partial charge on any atom is -0.369 e. The normalized spacial score (nSPS) is 15.6. The molecule has 2 fully saturated rings. The van der Waals surface area contributed by atoms with Gasteiger partial charge in [0.2, 0.25) is 0 Å². The average molecular weight is 816 g/mol. The minimum atomic E-state index is 0.528. The van der Waals surface area contributed by atoms with Crippen molar-refractivity contribution in [3.05, 3.63) is 120 Å². The van der Waals surface area contributed by atoms with Gasteiger partial charge >= 0.3 is 0 Å². The van der Waals surface area contributed by atoms with E-state index in [0.717, 1.165) is 106 Å².